The van der Waals surface area contributed by atoms with Gasteiger partial charge in [0.15, 0.2) is 20.8 Å². The zero-order valence-electron chi connectivity index (χ0n) is 18.8. The first-order chi connectivity index (χ1) is 16.2. The van der Waals surface area contributed by atoms with Gasteiger partial charge >= 0.3 is 6.03 Å². The first kappa shape index (κ1) is 23.6. The van der Waals surface area contributed by atoms with E-state index in [1.807, 2.05) is 13.8 Å². The molecule has 0 aliphatic heterocycles. The molecule has 0 saturated carbocycles. The molecule has 3 heterocycles. The number of urea groups is 1. The summed E-state index contributed by atoms with van der Waals surface area (Å²) >= 11 is 1.30. The maximum absolute atomic E-state index is 12.3. The van der Waals surface area contributed by atoms with E-state index < -0.39 is 15.9 Å². The lowest BCUT2D eigenvalue weighted by Crippen LogP contribution is -2.30. The lowest BCUT2D eigenvalue weighted by Gasteiger charge is -2.11. The predicted molar refractivity (Wildman–Crippen MR) is 127 cm³/mol. The highest BCUT2D eigenvalue weighted by atomic mass is 32.2. The zero-order chi connectivity index (χ0) is 24.3. The number of rotatable bonds is 8. The third kappa shape index (κ3) is 5.31. The number of carbonyl (C=O) groups excluding carboxylic acids is 1. The Morgan fingerprint density at radius 3 is 2.76 bits per heavy atom. The Morgan fingerprint density at radius 1 is 1.26 bits per heavy atom. The van der Waals surface area contributed by atoms with Gasteiger partial charge in [-0.2, -0.15) is 4.98 Å². The largest absolute Gasteiger partial charge is 0.339 e. The maximum Gasteiger partial charge on any atom is 0.321 e. The van der Waals surface area contributed by atoms with E-state index in [0.717, 1.165) is 10.4 Å². The molecule has 0 saturated heterocycles. The second-order valence-electron chi connectivity index (χ2n) is 7.45. The molecule has 13 heteroatoms. The van der Waals surface area contributed by atoms with Gasteiger partial charge in [0.25, 0.3) is 0 Å². The summed E-state index contributed by atoms with van der Waals surface area (Å²) in [6.07, 6.45) is 7.08. The molecule has 0 unspecified atom stereocenters. The van der Waals surface area contributed by atoms with Crippen LogP contribution in [0.5, 0.6) is 0 Å². The lowest BCUT2D eigenvalue weighted by molar-refractivity contribution is 0.252. The molecule has 0 spiro atoms. The molecule has 0 bridgehead atoms. The number of hydrogen-bond acceptors (Lipinski definition) is 9. The Hall–Kier alpha value is -3.58. The van der Waals surface area contributed by atoms with Crippen LogP contribution in [0.2, 0.25) is 0 Å². The summed E-state index contributed by atoms with van der Waals surface area (Å²) in [5.41, 5.74) is 1.98. The van der Waals surface area contributed by atoms with Crippen molar-refractivity contribution in [1.29, 1.82) is 0 Å². The van der Waals surface area contributed by atoms with E-state index in [9.17, 15) is 13.2 Å². The van der Waals surface area contributed by atoms with Gasteiger partial charge in [0.05, 0.1) is 27.5 Å². The smallest absolute Gasteiger partial charge is 0.321 e. The van der Waals surface area contributed by atoms with E-state index in [4.69, 9.17) is 4.52 Å². The summed E-state index contributed by atoms with van der Waals surface area (Å²) < 4.78 is 31.3. The van der Waals surface area contributed by atoms with Gasteiger partial charge in [0.1, 0.15) is 0 Å². The molecule has 0 atom stereocenters. The first-order valence-electron chi connectivity index (χ1n) is 10.4. The zero-order valence-corrected chi connectivity index (χ0v) is 20.4. The molecule has 0 radical (unpaired) electrons. The van der Waals surface area contributed by atoms with E-state index in [0.29, 0.717) is 47.6 Å². The standard InChI is InChI=1S/C21H23N7O4S2/c1-4-17-25-18(32-27-17)7-8-23-20(29)26-21-24-13(2)19(33-21)14-5-6-16(34(3,30)31)15(11-14)28-10-9-22-12-28/h5-6,9-12H,4,7-8H2,1-3H3,(H2,23,24,26,29). The lowest BCUT2D eigenvalue weighted by atomic mass is 10.1. The Balaban J connectivity index is 1.48. The number of imidazole rings is 1. The van der Waals surface area contributed by atoms with Gasteiger partial charge in [-0.3, -0.25) is 5.32 Å². The van der Waals surface area contributed by atoms with Crippen LogP contribution in [0.3, 0.4) is 0 Å². The minimum absolute atomic E-state index is 0.196. The molecule has 0 fully saturated rings. The first-order valence-corrected chi connectivity index (χ1v) is 13.1. The van der Waals surface area contributed by atoms with Gasteiger partial charge in [-0.05, 0) is 24.6 Å². The number of amides is 2. The van der Waals surface area contributed by atoms with Gasteiger partial charge < -0.3 is 14.4 Å². The van der Waals surface area contributed by atoms with Crippen LogP contribution in [0.4, 0.5) is 9.93 Å². The van der Waals surface area contributed by atoms with E-state index in [2.05, 4.69) is 30.7 Å². The van der Waals surface area contributed by atoms with Crippen molar-refractivity contribution in [3.8, 4) is 16.1 Å². The van der Waals surface area contributed by atoms with Gasteiger partial charge in [0, 0.05) is 38.0 Å². The third-order valence-electron chi connectivity index (χ3n) is 4.87. The fourth-order valence-electron chi connectivity index (χ4n) is 3.25. The number of nitrogens with one attached hydrogen (secondary N) is 2. The summed E-state index contributed by atoms with van der Waals surface area (Å²) in [5.74, 6) is 1.10. The number of carbonyl (C=O) groups is 1. The number of anilines is 1. The molecule has 11 nitrogen and oxygen atoms in total. The molecule has 2 N–H and O–H groups in total. The van der Waals surface area contributed by atoms with Crippen LogP contribution in [0.1, 0.15) is 24.3 Å². The van der Waals surface area contributed by atoms with Crippen molar-refractivity contribution in [1.82, 2.24) is 30.0 Å². The van der Waals surface area contributed by atoms with Gasteiger partial charge in [-0.25, -0.2) is 23.2 Å². The molecule has 34 heavy (non-hydrogen) atoms. The summed E-state index contributed by atoms with van der Waals surface area (Å²) in [6, 6.07) is 4.68. The molecular formula is C21H23N7O4S2. The normalized spacial score (nSPS) is 11.5. The molecule has 178 valence electrons. The molecule has 4 aromatic rings. The van der Waals surface area contributed by atoms with Crippen LogP contribution in [0, 0.1) is 6.92 Å². The van der Waals surface area contributed by atoms with Gasteiger partial charge in [-0.1, -0.05) is 29.5 Å². The number of benzene rings is 1. The fraction of sp³-hybridized carbons (Fsp3) is 0.286. The molecule has 0 aliphatic carbocycles. The van der Waals surface area contributed by atoms with Crippen molar-refractivity contribution in [2.45, 2.75) is 31.6 Å². The van der Waals surface area contributed by atoms with Crippen LogP contribution < -0.4 is 10.6 Å². The molecule has 3 aromatic heterocycles. The van der Waals surface area contributed by atoms with E-state index in [1.165, 1.54) is 17.6 Å². The Kier molecular flexibility index (Phi) is 6.75. The van der Waals surface area contributed by atoms with Crippen LogP contribution in [-0.4, -0.2) is 51.9 Å². The van der Waals surface area contributed by atoms with Crippen molar-refractivity contribution in [3.05, 3.63) is 54.3 Å². The second-order valence-corrected chi connectivity index (χ2v) is 10.4. The SMILES string of the molecule is CCc1noc(CCNC(=O)Nc2nc(C)c(-c3ccc(S(C)(=O)=O)c(-n4ccnc4)c3)s2)n1. The Labute approximate surface area is 200 Å². The monoisotopic (exact) mass is 501 g/mol. The average molecular weight is 502 g/mol. The summed E-state index contributed by atoms with van der Waals surface area (Å²) in [5, 5.41) is 9.72. The van der Waals surface area contributed by atoms with Crippen LogP contribution in [0.25, 0.3) is 16.1 Å². The van der Waals surface area contributed by atoms with Crippen molar-refractivity contribution in [2.75, 3.05) is 18.1 Å². The number of sulfone groups is 1. The molecule has 4 rings (SSSR count). The average Bonchev–Trinajstić information content (AvgIpc) is 3.54. The van der Waals surface area contributed by atoms with Crippen molar-refractivity contribution >= 4 is 32.3 Å². The molecular weight excluding hydrogens is 478 g/mol. The van der Waals surface area contributed by atoms with Crippen molar-refractivity contribution in [3.63, 3.8) is 0 Å². The van der Waals surface area contributed by atoms with Crippen LogP contribution >= 0.6 is 11.3 Å². The quantitative estimate of drug-likeness (QED) is 0.375. The van der Waals surface area contributed by atoms with E-state index >= 15 is 0 Å². The minimum atomic E-state index is -3.45. The highest BCUT2D eigenvalue weighted by Crippen LogP contribution is 2.35. The Bertz CT molecular complexity index is 1410. The fourth-order valence-corrected chi connectivity index (χ4v) is 5.07. The molecule has 2 amide bonds. The Morgan fingerprint density at radius 2 is 2.09 bits per heavy atom. The van der Waals surface area contributed by atoms with E-state index in [-0.39, 0.29) is 4.90 Å². The number of aryl methyl sites for hydroxylation is 2. The number of nitrogens with zero attached hydrogens (tertiary/aromatic N) is 5. The number of hydrogen-bond donors (Lipinski definition) is 2. The number of thiazole rings is 1. The summed E-state index contributed by atoms with van der Waals surface area (Å²) in [6.45, 7) is 4.09. The van der Waals surface area contributed by atoms with Crippen LogP contribution in [-0.2, 0) is 22.7 Å². The topological polar surface area (TPSA) is 145 Å². The minimum Gasteiger partial charge on any atom is -0.339 e. The number of aromatic nitrogens is 5. The molecule has 0 aliphatic rings. The van der Waals surface area contributed by atoms with Gasteiger partial charge in [-0.15, -0.1) is 0 Å². The van der Waals surface area contributed by atoms with Crippen molar-refractivity contribution < 1.29 is 17.7 Å². The van der Waals surface area contributed by atoms with Crippen LogP contribution in [0.15, 0.2) is 46.3 Å². The third-order valence-corrected chi connectivity index (χ3v) is 7.14. The van der Waals surface area contributed by atoms with Gasteiger partial charge in [0.2, 0.25) is 5.89 Å². The predicted octanol–water partition coefficient (Wildman–Crippen LogP) is 3.02. The van der Waals surface area contributed by atoms with Crippen molar-refractivity contribution in [2.24, 2.45) is 0 Å². The van der Waals surface area contributed by atoms with E-state index in [1.54, 1.807) is 41.5 Å². The maximum atomic E-state index is 12.3. The summed E-state index contributed by atoms with van der Waals surface area (Å²) in [4.78, 5) is 26.0. The molecule has 1 aromatic carbocycles. The highest BCUT2D eigenvalue weighted by Gasteiger charge is 2.18. The second kappa shape index (κ2) is 9.73. The summed E-state index contributed by atoms with van der Waals surface area (Å²) in [7, 11) is -3.45. The highest BCUT2D eigenvalue weighted by molar-refractivity contribution is 7.90.